The van der Waals surface area contributed by atoms with E-state index in [1.54, 1.807) is 24.3 Å². The van der Waals surface area contributed by atoms with Crippen molar-refractivity contribution in [3.8, 4) is 0 Å². The molecule has 0 spiro atoms. The Kier molecular flexibility index (Phi) is 3.91. The van der Waals surface area contributed by atoms with Crippen molar-refractivity contribution in [1.82, 2.24) is 4.31 Å². The number of amides is 1. The molecule has 104 valence electrons. The maximum absolute atomic E-state index is 12.4. The van der Waals surface area contributed by atoms with Crippen molar-refractivity contribution in [2.75, 3.05) is 13.1 Å². The second-order valence-corrected chi connectivity index (χ2v) is 6.86. The molecule has 0 radical (unpaired) electrons. The molecule has 1 aliphatic heterocycles. The maximum atomic E-state index is 12.4. The number of carbonyl (C=O) groups is 1. The van der Waals surface area contributed by atoms with Gasteiger partial charge in [0.05, 0.1) is 10.8 Å². The standard InChI is InChI=1S/C13H18N2O3S/c1-10-4-6-12(7-5-10)19(17,18)15-8-2-3-11(9-15)13(14)16/h4-7,11H,2-3,8-9H2,1H3,(H2,14,16)/t11-/m1/s1. The van der Waals surface area contributed by atoms with Gasteiger partial charge in [-0.3, -0.25) is 4.79 Å². The molecule has 1 aromatic rings. The summed E-state index contributed by atoms with van der Waals surface area (Å²) in [5.74, 6) is -0.808. The minimum atomic E-state index is -3.52. The SMILES string of the molecule is Cc1ccc(S(=O)(=O)N2CCC[C@@H](C(N)=O)C2)cc1. The van der Waals surface area contributed by atoms with Gasteiger partial charge in [-0.25, -0.2) is 8.42 Å². The molecule has 0 bridgehead atoms. The molecule has 19 heavy (non-hydrogen) atoms. The number of hydrogen-bond acceptors (Lipinski definition) is 3. The van der Waals surface area contributed by atoms with Gasteiger partial charge in [-0.05, 0) is 31.9 Å². The lowest BCUT2D eigenvalue weighted by atomic mass is 9.99. The summed E-state index contributed by atoms with van der Waals surface area (Å²) in [5.41, 5.74) is 6.28. The molecule has 1 fully saturated rings. The summed E-state index contributed by atoms with van der Waals surface area (Å²) in [6.07, 6.45) is 1.33. The van der Waals surface area contributed by atoms with E-state index < -0.39 is 15.9 Å². The van der Waals surface area contributed by atoms with Crippen LogP contribution < -0.4 is 5.73 Å². The van der Waals surface area contributed by atoms with Gasteiger partial charge < -0.3 is 5.73 Å². The summed E-state index contributed by atoms with van der Waals surface area (Å²) < 4.78 is 26.2. The summed E-state index contributed by atoms with van der Waals surface area (Å²) in [5, 5.41) is 0. The normalized spacial score (nSPS) is 21.2. The van der Waals surface area contributed by atoms with Crippen LogP contribution in [0.3, 0.4) is 0 Å². The molecule has 1 saturated heterocycles. The lowest BCUT2D eigenvalue weighted by molar-refractivity contribution is -0.122. The highest BCUT2D eigenvalue weighted by Crippen LogP contribution is 2.23. The molecule has 0 aliphatic carbocycles. The fraction of sp³-hybridized carbons (Fsp3) is 0.462. The Balaban J connectivity index is 2.24. The van der Waals surface area contributed by atoms with E-state index in [1.807, 2.05) is 6.92 Å². The molecule has 6 heteroatoms. The first kappa shape index (κ1) is 14.0. The van der Waals surface area contributed by atoms with Gasteiger partial charge >= 0.3 is 0 Å². The van der Waals surface area contributed by atoms with Crippen LogP contribution in [0, 0.1) is 12.8 Å². The Morgan fingerprint density at radius 2 is 1.95 bits per heavy atom. The smallest absolute Gasteiger partial charge is 0.243 e. The predicted molar refractivity (Wildman–Crippen MR) is 71.9 cm³/mol. The third-order valence-electron chi connectivity index (χ3n) is 3.45. The summed E-state index contributed by atoms with van der Waals surface area (Å²) in [6, 6.07) is 6.72. The molecule has 0 unspecified atom stereocenters. The number of nitrogens with zero attached hydrogens (tertiary/aromatic N) is 1. The molecule has 0 aromatic heterocycles. The molecular formula is C13H18N2O3S. The summed E-state index contributed by atoms with van der Waals surface area (Å²) in [7, 11) is -3.52. The van der Waals surface area contributed by atoms with Crippen molar-refractivity contribution in [1.29, 1.82) is 0 Å². The molecule has 5 nitrogen and oxygen atoms in total. The molecule has 2 N–H and O–H groups in total. The van der Waals surface area contributed by atoms with E-state index in [9.17, 15) is 13.2 Å². The number of sulfonamides is 1. The van der Waals surface area contributed by atoms with Crippen molar-refractivity contribution >= 4 is 15.9 Å². The minimum absolute atomic E-state index is 0.186. The van der Waals surface area contributed by atoms with Crippen LogP contribution in [-0.4, -0.2) is 31.7 Å². The Bertz CT molecular complexity index is 566. The van der Waals surface area contributed by atoms with Gasteiger partial charge in [0, 0.05) is 13.1 Å². The third-order valence-corrected chi connectivity index (χ3v) is 5.32. The Morgan fingerprint density at radius 1 is 1.32 bits per heavy atom. The van der Waals surface area contributed by atoms with Crippen LogP contribution in [0.25, 0.3) is 0 Å². The first-order valence-electron chi connectivity index (χ1n) is 6.27. The van der Waals surface area contributed by atoms with Gasteiger partial charge in [-0.15, -0.1) is 0 Å². The number of hydrogen-bond donors (Lipinski definition) is 1. The maximum Gasteiger partial charge on any atom is 0.243 e. The molecule has 1 atom stereocenters. The highest BCUT2D eigenvalue weighted by atomic mass is 32.2. The zero-order chi connectivity index (χ0) is 14.0. The summed E-state index contributed by atoms with van der Waals surface area (Å²) >= 11 is 0. The number of benzene rings is 1. The van der Waals surface area contributed by atoms with Crippen LogP contribution in [0.5, 0.6) is 0 Å². The van der Waals surface area contributed by atoms with Gasteiger partial charge in [-0.1, -0.05) is 17.7 Å². The summed E-state index contributed by atoms with van der Waals surface area (Å²) in [6.45, 7) is 2.53. The van der Waals surface area contributed by atoms with Gasteiger partial charge in [0.1, 0.15) is 0 Å². The quantitative estimate of drug-likeness (QED) is 0.893. The van der Waals surface area contributed by atoms with Gasteiger partial charge in [0.2, 0.25) is 15.9 Å². The number of rotatable bonds is 3. The van der Waals surface area contributed by atoms with Crippen LogP contribution in [0.2, 0.25) is 0 Å². The number of nitrogens with two attached hydrogens (primary N) is 1. The second kappa shape index (κ2) is 5.30. The monoisotopic (exact) mass is 282 g/mol. The van der Waals surface area contributed by atoms with E-state index in [0.29, 0.717) is 19.4 Å². The molecule has 1 heterocycles. The van der Waals surface area contributed by atoms with Crippen molar-refractivity contribution in [2.24, 2.45) is 11.7 Å². The van der Waals surface area contributed by atoms with Crippen LogP contribution >= 0.6 is 0 Å². The second-order valence-electron chi connectivity index (χ2n) is 4.92. The molecule has 0 saturated carbocycles. The highest BCUT2D eigenvalue weighted by molar-refractivity contribution is 7.89. The van der Waals surface area contributed by atoms with Crippen LogP contribution in [0.1, 0.15) is 18.4 Å². The van der Waals surface area contributed by atoms with Crippen LogP contribution in [0.4, 0.5) is 0 Å². The minimum Gasteiger partial charge on any atom is -0.369 e. The van der Waals surface area contributed by atoms with Gasteiger partial charge in [0.25, 0.3) is 0 Å². The zero-order valence-corrected chi connectivity index (χ0v) is 11.7. The summed E-state index contributed by atoms with van der Waals surface area (Å²) in [4.78, 5) is 11.5. The Hall–Kier alpha value is -1.40. The molecule has 2 rings (SSSR count). The van der Waals surface area contributed by atoms with Crippen LogP contribution in [0.15, 0.2) is 29.2 Å². The third kappa shape index (κ3) is 2.96. The average Bonchev–Trinajstić information content (AvgIpc) is 2.39. The number of aryl methyl sites for hydroxylation is 1. The molecule has 1 aliphatic rings. The van der Waals surface area contributed by atoms with Crippen LogP contribution in [-0.2, 0) is 14.8 Å². The molecular weight excluding hydrogens is 264 g/mol. The van der Waals surface area contributed by atoms with Crippen molar-refractivity contribution in [2.45, 2.75) is 24.7 Å². The zero-order valence-electron chi connectivity index (χ0n) is 10.9. The molecule has 1 aromatic carbocycles. The average molecular weight is 282 g/mol. The number of carbonyl (C=O) groups excluding carboxylic acids is 1. The Labute approximate surface area is 113 Å². The van der Waals surface area contributed by atoms with Gasteiger partial charge in [-0.2, -0.15) is 4.31 Å². The Morgan fingerprint density at radius 3 is 2.53 bits per heavy atom. The van der Waals surface area contributed by atoms with E-state index in [4.69, 9.17) is 5.73 Å². The molecule has 1 amide bonds. The first-order chi connectivity index (χ1) is 8.91. The van der Waals surface area contributed by atoms with Crippen molar-refractivity contribution < 1.29 is 13.2 Å². The topological polar surface area (TPSA) is 80.5 Å². The fourth-order valence-corrected chi connectivity index (χ4v) is 3.78. The lowest BCUT2D eigenvalue weighted by Crippen LogP contribution is -2.44. The first-order valence-corrected chi connectivity index (χ1v) is 7.71. The highest BCUT2D eigenvalue weighted by Gasteiger charge is 2.32. The van der Waals surface area contributed by atoms with E-state index in [-0.39, 0.29) is 17.4 Å². The van der Waals surface area contributed by atoms with Crippen molar-refractivity contribution in [3.63, 3.8) is 0 Å². The lowest BCUT2D eigenvalue weighted by Gasteiger charge is -2.30. The van der Waals surface area contributed by atoms with E-state index >= 15 is 0 Å². The van der Waals surface area contributed by atoms with E-state index in [0.717, 1.165) is 5.56 Å². The van der Waals surface area contributed by atoms with E-state index in [2.05, 4.69) is 0 Å². The van der Waals surface area contributed by atoms with Gasteiger partial charge in [0.15, 0.2) is 0 Å². The predicted octanol–water partition coefficient (Wildman–Crippen LogP) is 0.881. The number of primary amides is 1. The number of piperidine rings is 1. The largest absolute Gasteiger partial charge is 0.369 e. The van der Waals surface area contributed by atoms with Crippen molar-refractivity contribution in [3.05, 3.63) is 29.8 Å². The fourth-order valence-electron chi connectivity index (χ4n) is 2.25. The van der Waals surface area contributed by atoms with E-state index in [1.165, 1.54) is 4.31 Å².